The molecule has 0 atom stereocenters. The first-order valence-electron chi connectivity index (χ1n) is 8.30. The van der Waals surface area contributed by atoms with Gasteiger partial charge in [-0.2, -0.15) is 0 Å². The average molecular weight is 362 g/mol. The van der Waals surface area contributed by atoms with Crippen LogP contribution in [0.2, 0.25) is 0 Å². The molecular weight excluding hydrogens is 344 g/mol. The van der Waals surface area contributed by atoms with Crippen molar-refractivity contribution in [1.82, 2.24) is 15.3 Å². The number of rotatable bonds is 3. The van der Waals surface area contributed by atoms with Crippen molar-refractivity contribution in [2.24, 2.45) is 0 Å². The largest absolute Gasteiger partial charge is 0.354 e. The van der Waals surface area contributed by atoms with Gasteiger partial charge in [0, 0.05) is 34.4 Å². The zero-order valence-electron chi connectivity index (χ0n) is 14.8. The van der Waals surface area contributed by atoms with E-state index in [1.165, 1.54) is 22.5 Å². The number of fused-ring (bicyclic) bond motifs is 3. The Labute approximate surface area is 155 Å². The van der Waals surface area contributed by atoms with Crippen LogP contribution < -0.4 is 10.6 Å². The lowest BCUT2D eigenvalue weighted by Gasteiger charge is -2.08. The summed E-state index contributed by atoms with van der Waals surface area (Å²) in [4.78, 5) is 21.8. The summed E-state index contributed by atoms with van der Waals surface area (Å²) in [7, 11) is 1.64. The van der Waals surface area contributed by atoms with Crippen LogP contribution >= 0.6 is 11.3 Å². The zero-order valence-corrected chi connectivity index (χ0v) is 15.6. The highest BCUT2D eigenvalue weighted by atomic mass is 32.1. The van der Waals surface area contributed by atoms with Crippen LogP contribution in [0.4, 0.5) is 11.6 Å². The first-order valence-corrected chi connectivity index (χ1v) is 9.12. The van der Waals surface area contributed by atoms with E-state index in [9.17, 15) is 4.79 Å². The first kappa shape index (κ1) is 16.5. The highest BCUT2D eigenvalue weighted by Gasteiger charge is 2.12. The van der Waals surface area contributed by atoms with Gasteiger partial charge < -0.3 is 10.6 Å². The summed E-state index contributed by atoms with van der Waals surface area (Å²) in [5.74, 6) is 0.463. The van der Waals surface area contributed by atoms with Crippen LogP contribution in [-0.4, -0.2) is 22.9 Å². The van der Waals surface area contributed by atoms with Crippen molar-refractivity contribution in [3.8, 4) is 0 Å². The van der Waals surface area contributed by atoms with E-state index < -0.39 is 0 Å². The second kappa shape index (κ2) is 6.38. The van der Waals surface area contributed by atoms with Crippen molar-refractivity contribution in [3.63, 3.8) is 0 Å². The molecule has 2 aromatic heterocycles. The zero-order chi connectivity index (χ0) is 18.3. The molecule has 0 saturated carbocycles. The summed E-state index contributed by atoms with van der Waals surface area (Å²) >= 11 is 1.47. The lowest BCUT2D eigenvalue weighted by Crippen LogP contribution is -2.15. The van der Waals surface area contributed by atoms with Crippen LogP contribution in [0.1, 0.15) is 20.8 Å². The van der Waals surface area contributed by atoms with Gasteiger partial charge in [0.2, 0.25) is 5.95 Å². The Hall–Kier alpha value is -2.99. The van der Waals surface area contributed by atoms with Crippen molar-refractivity contribution in [3.05, 3.63) is 58.6 Å². The minimum atomic E-state index is -0.0815. The minimum Gasteiger partial charge on any atom is -0.354 e. The monoisotopic (exact) mass is 362 g/mol. The van der Waals surface area contributed by atoms with Crippen molar-refractivity contribution in [2.75, 3.05) is 12.4 Å². The second-order valence-electron chi connectivity index (χ2n) is 6.30. The van der Waals surface area contributed by atoms with E-state index in [1.807, 2.05) is 24.4 Å². The SMILES string of the molecule is CNC(=O)c1cc2c(ccc3cnc(Nc4cc(C)cc(C)c4)nc32)s1. The Morgan fingerprint density at radius 2 is 1.85 bits per heavy atom. The molecule has 6 heteroatoms. The summed E-state index contributed by atoms with van der Waals surface area (Å²) in [6, 6.07) is 12.2. The van der Waals surface area contributed by atoms with Crippen LogP contribution in [0, 0.1) is 13.8 Å². The molecule has 0 radical (unpaired) electrons. The molecule has 26 heavy (non-hydrogen) atoms. The predicted molar refractivity (Wildman–Crippen MR) is 108 cm³/mol. The molecular formula is C20H18N4OS. The molecule has 0 fully saturated rings. The highest BCUT2D eigenvalue weighted by molar-refractivity contribution is 7.21. The summed E-state index contributed by atoms with van der Waals surface area (Å²) in [6.45, 7) is 4.13. The third kappa shape index (κ3) is 2.99. The maximum absolute atomic E-state index is 11.9. The first-order chi connectivity index (χ1) is 12.5. The fraction of sp³-hybridized carbons (Fsp3) is 0.150. The Balaban J connectivity index is 1.80. The molecule has 0 aliphatic rings. The molecule has 0 spiro atoms. The molecule has 0 saturated heterocycles. The third-order valence-electron chi connectivity index (χ3n) is 4.18. The van der Waals surface area contributed by atoms with Gasteiger partial charge in [-0.25, -0.2) is 9.97 Å². The Bertz CT molecular complexity index is 1130. The van der Waals surface area contributed by atoms with Gasteiger partial charge in [-0.05, 0) is 55.3 Å². The quantitative estimate of drug-likeness (QED) is 0.560. The molecule has 4 rings (SSSR count). The van der Waals surface area contributed by atoms with E-state index >= 15 is 0 Å². The van der Waals surface area contributed by atoms with Crippen LogP contribution in [0.25, 0.3) is 21.0 Å². The molecule has 1 amide bonds. The summed E-state index contributed by atoms with van der Waals surface area (Å²) in [5, 5.41) is 7.87. The number of aryl methyl sites for hydroxylation is 2. The molecule has 2 heterocycles. The number of carbonyl (C=O) groups excluding carboxylic acids is 1. The molecule has 2 N–H and O–H groups in total. The molecule has 130 valence electrons. The average Bonchev–Trinajstić information content (AvgIpc) is 3.05. The van der Waals surface area contributed by atoms with Gasteiger partial charge in [0.1, 0.15) is 0 Å². The van der Waals surface area contributed by atoms with E-state index in [4.69, 9.17) is 4.98 Å². The van der Waals surface area contributed by atoms with Gasteiger partial charge in [0.05, 0.1) is 10.4 Å². The number of thiophene rings is 1. The van der Waals surface area contributed by atoms with Gasteiger partial charge in [-0.15, -0.1) is 11.3 Å². The maximum atomic E-state index is 11.9. The maximum Gasteiger partial charge on any atom is 0.261 e. The van der Waals surface area contributed by atoms with Gasteiger partial charge >= 0.3 is 0 Å². The lowest BCUT2D eigenvalue weighted by atomic mass is 10.1. The van der Waals surface area contributed by atoms with Crippen molar-refractivity contribution < 1.29 is 4.79 Å². The number of benzene rings is 2. The molecule has 0 unspecified atom stereocenters. The molecule has 0 aliphatic heterocycles. The normalized spacial score (nSPS) is 11.0. The van der Waals surface area contributed by atoms with Crippen LogP contribution in [0.5, 0.6) is 0 Å². The van der Waals surface area contributed by atoms with Gasteiger partial charge in [-0.3, -0.25) is 4.79 Å². The molecule has 0 aliphatic carbocycles. The highest BCUT2D eigenvalue weighted by Crippen LogP contribution is 2.31. The van der Waals surface area contributed by atoms with Crippen molar-refractivity contribution >= 4 is 49.9 Å². The van der Waals surface area contributed by atoms with Gasteiger partial charge in [0.25, 0.3) is 5.91 Å². The molecule has 4 aromatic rings. The van der Waals surface area contributed by atoms with Crippen LogP contribution in [0.15, 0.2) is 42.6 Å². The molecule has 2 aromatic carbocycles. The summed E-state index contributed by atoms with van der Waals surface area (Å²) in [5.41, 5.74) is 4.17. The fourth-order valence-corrected chi connectivity index (χ4v) is 4.09. The number of nitrogens with one attached hydrogen (secondary N) is 2. The number of anilines is 2. The van der Waals surface area contributed by atoms with Gasteiger partial charge in [0.15, 0.2) is 0 Å². The van der Waals surface area contributed by atoms with E-state index in [1.54, 1.807) is 7.05 Å². The van der Waals surface area contributed by atoms with E-state index in [0.717, 1.165) is 26.7 Å². The van der Waals surface area contributed by atoms with Crippen molar-refractivity contribution in [1.29, 1.82) is 0 Å². The Morgan fingerprint density at radius 3 is 2.58 bits per heavy atom. The van der Waals surface area contributed by atoms with E-state index in [2.05, 4.69) is 47.7 Å². The fourth-order valence-electron chi connectivity index (χ4n) is 3.08. The number of aromatic nitrogens is 2. The predicted octanol–water partition coefficient (Wildman–Crippen LogP) is 4.56. The Morgan fingerprint density at radius 1 is 1.08 bits per heavy atom. The van der Waals surface area contributed by atoms with Crippen LogP contribution in [0.3, 0.4) is 0 Å². The second-order valence-corrected chi connectivity index (χ2v) is 7.38. The molecule has 5 nitrogen and oxygen atoms in total. The smallest absolute Gasteiger partial charge is 0.261 e. The standard InChI is InChI=1S/C20H18N4OS/c1-11-6-12(2)8-14(7-11)23-20-22-10-13-4-5-16-15(18(13)24-20)9-17(26-16)19(25)21-3/h4-10H,1-3H3,(H,21,25)(H,22,23,24). The van der Waals surface area contributed by atoms with Crippen molar-refractivity contribution in [2.45, 2.75) is 13.8 Å². The van der Waals surface area contributed by atoms with E-state index in [-0.39, 0.29) is 5.91 Å². The number of nitrogens with zero attached hydrogens (tertiary/aromatic N) is 2. The lowest BCUT2D eigenvalue weighted by molar-refractivity contribution is 0.0967. The molecule has 0 bridgehead atoms. The van der Waals surface area contributed by atoms with E-state index in [0.29, 0.717) is 10.8 Å². The Kier molecular flexibility index (Phi) is 4.05. The minimum absolute atomic E-state index is 0.0815. The number of amides is 1. The number of hydrogen-bond acceptors (Lipinski definition) is 5. The van der Waals surface area contributed by atoms with Gasteiger partial charge in [-0.1, -0.05) is 6.07 Å². The third-order valence-corrected chi connectivity index (χ3v) is 5.28. The van der Waals surface area contributed by atoms with Crippen LogP contribution in [-0.2, 0) is 0 Å². The summed E-state index contributed by atoms with van der Waals surface area (Å²) in [6.07, 6.45) is 1.81. The number of hydrogen-bond donors (Lipinski definition) is 2. The number of carbonyl (C=O) groups is 1. The topological polar surface area (TPSA) is 66.9 Å². The summed E-state index contributed by atoms with van der Waals surface area (Å²) < 4.78 is 1.03.